The molecular formula is C14H17N3O2S. The highest BCUT2D eigenvalue weighted by Gasteiger charge is 2.18. The van der Waals surface area contributed by atoms with Gasteiger partial charge in [0, 0.05) is 11.4 Å². The van der Waals surface area contributed by atoms with Crippen molar-refractivity contribution in [1.82, 2.24) is 4.98 Å². The molecule has 0 spiro atoms. The van der Waals surface area contributed by atoms with Crippen LogP contribution in [0, 0.1) is 13.8 Å². The highest BCUT2D eigenvalue weighted by molar-refractivity contribution is 8.00. The molecule has 106 valence electrons. The number of benzene rings is 1. The van der Waals surface area contributed by atoms with Gasteiger partial charge >= 0.3 is 0 Å². The fourth-order valence-electron chi connectivity index (χ4n) is 1.60. The minimum Gasteiger partial charge on any atom is -0.440 e. The Bertz CT molecular complexity index is 625. The number of oxazole rings is 1. The van der Waals surface area contributed by atoms with Crippen molar-refractivity contribution in [2.45, 2.75) is 31.2 Å². The van der Waals surface area contributed by atoms with E-state index < -0.39 is 0 Å². The van der Waals surface area contributed by atoms with Crippen LogP contribution in [0.5, 0.6) is 0 Å². The summed E-state index contributed by atoms with van der Waals surface area (Å²) in [5, 5.41) is 3.05. The van der Waals surface area contributed by atoms with Crippen LogP contribution in [-0.2, 0) is 4.79 Å². The number of rotatable bonds is 4. The molecule has 1 heterocycles. The SMILES string of the molecule is Cc1coc(SC(C)C(=O)Nc2cc(N)ccc2C)n1. The fraction of sp³-hybridized carbons (Fsp3) is 0.286. The van der Waals surface area contributed by atoms with E-state index >= 15 is 0 Å². The first-order chi connectivity index (χ1) is 9.45. The van der Waals surface area contributed by atoms with Crippen LogP contribution in [0.1, 0.15) is 18.2 Å². The third kappa shape index (κ3) is 3.54. The number of aromatic nitrogens is 1. The molecule has 2 aromatic rings. The van der Waals surface area contributed by atoms with Gasteiger partial charge in [0.15, 0.2) is 0 Å². The van der Waals surface area contributed by atoms with Crippen LogP contribution in [0.4, 0.5) is 11.4 Å². The van der Waals surface area contributed by atoms with Gasteiger partial charge in [0.2, 0.25) is 5.91 Å². The molecule has 5 nitrogen and oxygen atoms in total. The number of amides is 1. The fourth-order valence-corrected chi connectivity index (χ4v) is 2.37. The lowest BCUT2D eigenvalue weighted by atomic mass is 10.2. The Balaban J connectivity index is 2.02. The van der Waals surface area contributed by atoms with Crippen molar-refractivity contribution in [1.29, 1.82) is 0 Å². The Morgan fingerprint density at radius 1 is 1.45 bits per heavy atom. The molecule has 0 saturated heterocycles. The van der Waals surface area contributed by atoms with Gasteiger partial charge in [-0.2, -0.15) is 0 Å². The summed E-state index contributed by atoms with van der Waals surface area (Å²) in [7, 11) is 0. The third-order valence-electron chi connectivity index (χ3n) is 2.76. The van der Waals surface area contributed by atoms with Gasteiger partial charge in [0.25, 0.3) is 5.22 Å². The quantitative estimate of drug-likeness (QED) is 0.668. The number of carbonyl (C=O) groups is 1. The molecular weight excluding hydrogens is 274 g/mol. The number of thioether (sulfide) groups is 1. The molecule has 1 aromatic carbocycles. The molecule has 3 N–H and O–H groups in total. The number of nitrogens with zero attached hydrogens (tertiary/aromatic N) is 1. The van der Waals surface area contributed by atoms with Crippen LogP contribution >= 0.6 is 11.8 Å². The van der Waals surface area contributed by atoms with E-state index in [2.05, 4.69) is 10.3 Å². The number of nitrogen functional groups attached to an aromatic ring is 1. The third-order valence-corrected chi connectivity index (χ3v) is 3.72. The van der Waals surface area contributed by atoms with Gasteiger partial charge < -0.3 is 15.5 Å². The van der Waals surface area contributed by atoms with Crippen LogP contribution in [0.3, 0.4) is 0 Å². The Hall–Kier alpha value is -1.95. The molecule has 0 aliphatic heterocycles. The summed E-state index contributed by atoms with van der Waals surface area (Å²) >= 11 is 1.28. The van der Waals surface area contributed by atoms with Gasteiger partial charge in [-0.25, -0.2) is 4.98 Å². The maximum Gasteiger partial charge on any atom is 0.256 e. The summed E-state index contributed by atoms with van der Waals surface area (Å²) < 4.78 is 5.23. The van der Waals surface area contributed by atoms with Gasteiger partial charge in [-0.3, -0.25) is 4.79 Å². The number of anilines is 2. The molecule has 1 amide bonds. The zero-order valence-corrected chi connectivity index (χ0v) is 12.5. The molecule has 2 rings (SSSR count). The van der Waals surface area contributed by atoms with Crippen molar-refractivity contribution >= 4 is 29.0 Å². The van der Waals surface area contributed by atoms with Crippen molar-refractivity contribution < 1.29 is 9.21 Å². The van der Waals surface area contributed by atoms with Crippen molar-refractivity contribution in [3.8, 4) is 0 Å². The molecule has 1 aromatic heterocycles. The molecule has 6 heteroatoms. The van der Waals surface area contributed by atoms with Crippen LogP contribution < -0.4 is 11.1 Å². The molecule has 1 unspecified atom stereocenters. The molecule has 0 fully saturated rings. The average Bonchev–Trinajstić information content (AvgIpc) is 2.79. The molecule has 0 radical (unpaired) electrons. The summed E-state index contributed by atoms with van der Waals surface area (Å²) in [4.78, 5) is 16.3. The smallest absolute Gasteiger partial charge is 0.256 e. The second-order valence-corrected chi connectivity index (χ2v) is 5.87. The van der Waals surface area contributed by atoms with Gasteiger partial charge in [-0.1, -0.05) is 17.8 Å². The zero-order chi connectivity index (χ0) is 14.7. The first-order valence-electron chi connectivity index (χ1n) is 6.21. The van der Waals surface area contributed by atoms with Crippen LogP contribution in [-0.4, -0.2) is 16.1 Å². The number of nitrogens with one attached hydrogen (secondary N) is 1. The van der Waals surface area contributed by atoms with E-state index in [1.54, 1.807) is 25.3 Å². The highest BCUT2D eigenvalue weighted by atomic mass is 32.2. The summed E-state index contributed by atoms with van der Waals surface area (Å²) in [5.74, 6) is -0.112. The molecule has 0 saturated carbocycles. The van der Waals surface area contributed by atoms with E-state index in [1.807, 2.05) is 19.9 Å². The first-order valence-corrected chi connectivity index (χ1v) is 7.09. The van der Waals surface area contributed by atoms with Crippen LogP contribution in [0.15, 0.2) is 34.1 Å². The number of carbonyl (C=O) groups excluding carboxylic acids is 1. The van der Waals surface area contributed by atoms with E-state index in [-0.39, 0.29) is 11.2 Å². The van der Waals surface area contributed by atoms with Crippen molar-refractivity contribution in [3.05, 3.63) is 35.7 Å². The van der Waals surface area contributed by atoms with Crippen molar-refractivity contribution in [2.75, 3.05) is 11.1 Å². The van der Waals surface area contributed by atoms with E-state index in [0.29, 0.717) is 10.9 Å². The van der Waals surface area contributed by atoms with Gasteiger partial charge in [-0.05, 0) is 38.5 Å². The lowest BCUT2D eigenvalue weighted by Gasteiger charge is -2.12. The monoisotopic (exact) mass is 291 g/mol. The Labute approximate surface area is 122 Å². The van der Waals surface area contributed by atoms with Gasteiger partial charge in [-0.15, -0.1) is 0 Å². The van der Waals surface area contributed by atoms with E-state index in [9.17, 15) is 4.79 Å². The van der Waals surface area contributed by atoms with Crippen LogP contribution in [0.2, 0.25) is 0 Å². The maximum absolute atomic E-state index is 12.1. The Morgan fingerprint density at radius 3 is 2.85 bits per heavy atom. The molecule has 0 aliphatic carbocycles. The summed E-state index contributed by atoms with van der Waals surface area (Å²) in [6.07, 6.45) is 1.56. The van der Waals surface area contributed by atoms with E-state index in [0.717, 1.165) is 16.9 Å². The molecule has 20 heavy (non-hydrogen) atoms. The second kappa shape index (κ2) is 6.00. The standard InChI is InChI=1S/C14H17N3O2S/c1-8-4-5-11(15)6-12(8)17-13(18)10(3)20-14-16-9(2)7-19-14/h4-7,10H,15H2,1-3H3,(H,17,18). The topological polar surface area (TPSA) is 81.2 Å². The lowest BCUT2D eigenvalue weighted by molar-refractivity contribution is -0.115. The number of aryl methyl sites for hydroxylation is 2. The minimum absolute atomic E-state index is 0.112. The summed E-state index contributed by atoms with van der Waals surface area (Å²) in [6.45, 7) is 5.57. The van der Waals surface area contributed by atoms with Crippen molar-refractivity contribution in [2.24, 2.45) is 0 Å². The zero-order valence-electron chi connectivity index (χ0n) is 11.6. The summed E-state index contributed by atoms with van der Waals surface area (Å²) in [5.41, 5.74) is 8.84. The number of nitrogens with two attached hydrogens (primary N) is 1. The summed E-state index contributed by atoms with van der Waals surface area (Å²) in [6, 6.07) is 5.43. The lowest BCUT2D eigenvalue weighted by Crippen LogP contribution is -2.22. The van der Waals surface area contributed by atoms with E-state index in [4.69, 9.17) is 10.2 Å². The highest BCUT2D eigenvalue weighted by Crippen LogP contribution is 2.24. The number of hydrogen-bond acceptors (Lipinski definition) is 5. The van der Waals surface area contributed by atoms with Crippen LogP contribution in [0.25, 0.3) is 0 Å². The predicted molar refractivity (Wildman–Crippen MR) is 80.8 cm³/mol. The normalized spacial score (nSPS) is 12.2. The van der Waals surface area contributed by atoms with E-state index in [1.165, 1.54) is 11.8 Å². The molecule has 0 aliphatic rings. The molecule has 0 bridgehead atoms. The Kier molecular flexibility index (Phi) is 4.34. The first kappa shape index (κ1) is 14.5. The van der Waals surface area contributed by atoms with Crippen molar-refractivity contribution in [3.63, 3.8) is 0 Å². The molecule has 1 atom stereocenters. The largest absolute Gasteiger partial charge is 0.440 e. The maximum atomic E-state index is 12.1. The average molecular weight is 291 g/mol. The Morgan fingerprint density at radius 2 is 2.20 bits per heavy atom. The number of hydrogen-bond donors (Lipinski definition) is 2. The van der Waals surface area contributed by atoms with Gasteiger partial charge in [0.05, 0.1) is 10.9 Å². The van der Waals surface area contributed by atoms with Gasteiger partial charge in [0.1, 0.15) is 6.26 Å². The second-order valence-electron chi connectivity index (χ2n) is 4.58. The minimum atomic E-state index is -0.311. The predicted octanol–water partition coefficient (Wildman–Crippen LogP) is 2.99.